The number of ether oxygens (including phenoxy) is 1. The van der Waals surface area contributed by atoms with E-state index >= 15 is 0 Å². The van der Waals surface area contributed by atoms with Gasteiger partial charge >= 0.3 is 0 Å². The molecule has 1 unspecified atom stereocenters. The highest BCUT2D eigenvalue weighted by Gasteiger charge is 2.14. The third-order valence-corrected chi connectivity index (χ3v) is 3.58. The minimum absolute atomic E-state index is 0.101. The smallest absolute Gasteiger partial charge is 0.134 e. The zero-order valence-corrected chi connectivity index (χ0v) is 10.3. The van der Waals surface area contributed by atoms with Gasteiger partial charge in [-0.1, -0.05) is 29.8 Å². The van der Waals surface area contributed by atoms with Crippen molar-refractivity contribution in [3.63, 3.8) is 0 Å². The van der Waals surface area contributed by atoms with Crippen LogP contribution in [0.15, 0.2) is 35.7 Å². The Morgan fingerprint density at radius 1 is 1.19 bits per heavy atom. The van der Waals surface area contributed by atoms with E-state index in [0.717, 1.165) is 16.2 Å². The summed E-state index contributed by atoms with van der Waals surface area (Å²) in [4.78, 5) is 1.08. The first kappa shape index (κ1) is 11.2. The molecule has 1 atom stereocenters. The fraction of sp³-hybridized carbons (Fsp3) is 0.231. The van der Waals surface area contributed by atoms with Crippen LogP contribution in [0.5, 0.6) is 5.75 Å². The van der Waals surface area contributed by atoms with Gasteiger partial charge in [-0.15, -0.1) is 11.3 Å². The van der Waals surface area contributed by atoms with Gasteiger partial charge in [0.05, 0.1) is 18.0 Å². The molecule has 0 saturated heterocycles. The summed E-state index contributed by atoms with van der Waals surface area (Å²) in [6.45, 7) is 2.07. The van der Waals surface area contributed by atoms with Gasteiger partial charge in [-0.05, 0) is 23.9 Å². The van der Waals surface area contributed by atoms with E-state index in [9.17, 15) is 0 Å². The molecule has 0 aliphatic heterocycles. The van der Waals surface area contributed by atoms with E-state index < -0.39 is 0 Å². The minimum atomic E-state index is -0.101. The van der Waals surface area contributed by atoms with Crippen LogP contribution in [0.25, 0.3) is 0 Å². The van der Waals surface area contributed by atoms with E-state index in [1.54, 1.807) is 18.4 Å². The number of hydrogen-bond donors (Lipinski definition) is 1. The van der Waals surface area contributed by atoms with Crippen molar-refractivity contribution in [1.82, 2.24) is 0 Å². The van der Waals surface area contributed by atoms with Crippen molar-refractivity contribution in [3.05, 3.63) is 51.7 Å². The molecule has 1 aromatic carbocycles. The van der Waals surface area contributed by atoms with E-state index in [1.807, 2.05) is 11.4 Å². The van der Waals surface area contributed by atoms with Crippen LogP contribution >= 0.6 is 11.3 Å². The summed E-state index contributed by atoms with van der Waals surface area (Å²) in [5.74, 6) is 0.873. The van der Waals surface area contributed by atoms with Crippen LogP contribution in [-0.4, -0.2) is 7.11 Å². The normalized spacial score (nSPS) is 12.4. The van der Waals surface area contributed by atoms with E-state index in [4.69, 9.17) is 10.5 Å². The third kappa shape index (κ3) is 2.10. The highest BCUT2D eigenvalue weighted by molar-refractivity contribution is 7.10. The summed E-state index contributed by atoms with van der Waals surface area (Å²) in [6.07, 6.45) is 0. The first-order valence-corrected chi connectivity index (χ1v) is 6.04. The van der Waals surface area contributed by atoms with Crippen molar-refractivity contribution >= 4 is 11.3 Å². The Hall–Kier alpha value is -1.32. The molecular weight excluding hydrogens is 218 g/mol. The third-order valence-electron chi connectivity index (χ3n) is 2.60. The van der Waals surface area contributed by atoms with Gasteiger partial charge in [-0.2, -0.15) is 0 Å². The lowest BCUT2D eigenvalue weighted by molar-refractivity contribution is 0.411. The molecule has 0 fully saturated rings. The topological polar surface area (TPSA) is 35.2 Å². The lowest BCUT2D eigenvalue weighted by Crippen LogP contribution is -2.11. The van der Waals surface area contributed by atoms with Crippen LogP contribution in [-0.2, 0) is 0 Å². The van der Waals surface area contributed by atoms with Gasteiger partial charge in [0, 0.05) is 0 Å². The highest BCUT2D eigenvalue weighted by Crippen LogP contribution is 2.33. The maximum atomic E-state index is 6.22. The molecule has 1 heterocycles. The van der Waals surface area contributed by atoms with Gasteiger partial charge in [0.1, 0.15) is 5.75 Å². The Morgan fingerprint density at radius 3 is 2.50 bits per heavy atom. The van der Waals surface area contributed by atoms with Crippen molar-refractivity contribution in [2.75, 3.05) is 7.11 Å². The van der Waals surface area contributed by atoms with E-state index in [0.29, 0.717) is 0 Å². The fourth-order valence-electron chi connectivity index (χ4n) is 1.63. The first-order valence-electron chi connectivity index (χ1n) is 5.16. The summed E-state index contributed by atoms with van der Waals surface area (Å²) < 4.78 is 5.28. The summed E-state index contributed by atoms with van der Waals surface area (Å²) in [5, 5.41) is 2.00. The minimum Gasteiger partial charge on any atom is -0.496 e. The molecular formula is C13H15NOS. The Morgan fingerprint density at radius 2 is 1.88 bits per heavy atom. The second-order valence-electron chi connectivity index (χ2n) is 3.74. The molecule has 0 aliphatic rings. The van der Waals surface area contributed by atoms with Crippen molar-refractivity contribution < 1.29 is 4.74 Å². The summed E-state index contributed by atoms with van der Waals surface area (Å²) >= 11 is 1.63. The summed E-state index contributed by atoms with van der Waals surface area (Å²) in [6, 6.07) is 10.1. The Bertz CT molecular complexity index is 461. The largest absolute Gasteiger partial charge is 0.496 e. The van der Waals surface area contributed by atoms with Gasteiger partial charge in [0.15, 0.2) is 0 Å². The monoisotopic (exact) mass is 233 g/mol. The predicted molar refractivity (Wildman–Crippen MR) is 68.1 cm³/mol. The number of benzene rings is 1. The van der Waals surface area contributed by atoms with E-state index in [1.165, 1.54) is 5.56 Å². The van der Waals surface area contributed by atoms with Crippen LogP contribution in [0.4, 0.5) is 0 Å². The Kier molecular flexibility index (Phi) is 3.27. The molecule has 2 aromatic rings. The molecule has 84 valence electrons. The number of rotatable bonds is 3. The lowest BCUT2D eigenvalue weighted by atomic mass is 10.0. The van der Waals surface area contributed by atoms with Gasteiger partial charge in [-0.25, -0.2) is 0 Å². The maximum absolute atomic E-state index is 6.22. The summed E-state index contributed by atoms with van der Waals surface area (Å²) in [5.41, 5.74) is 8.58. The Balaban J connectivity index is 2.31. The standard InChI is InChI=1S/C13H15NOS/c1-9-3-5-10(6-4-9)12(14)13-11(15-2)7-8-16-13/h3-8,12H,14H2,1-2H3. The molecule has 0 spiro atoms. The van der Waals surface area contributed by atoms with E-state index in [-0.39, 0.29) is 6.04 Å². The molecule has 0 amide bonds. The molecule has 0 aliphatic carbocycles. The average molecular weight is 233 g/mol. The Labute approximate surface area is 99.7 Å². The highest BCUT2D eigenvalue weighted by atomic mass is 32.1. The van der Waals surface area contributed by atoms with Crippen LogP contribution in [0, 0.1) is 6.92 Å². The quantitative estimate of drug-likeness (QED) is 0.884. The van der Waals surface area contributed by atoms with Gasteiger partial charge in [0.25, 0.3) is 0 Å². The molecule has 2 N–H and O–H groups in total. The summed E-state index contributed by atoms with van der Waals surface area (Å²) in [7, 11) is 1.67. The van der Waals surface area contributed by atoms with Crippen LogP contribution in [0.2, 0.25) is 0 Å². The molecule has 1 aromatic heterocycles. The molecule has 0 radical (unpaired) electrons. The van der Waals surface area contributed by atoms with Crippen LogP contribution in [0.3, 0.4) is 0 Å². The first-order chi connectivity index (χ1) is 7.72. The number of nitrogens with two attached hydrogens (primary N) is 1. The SMILES string of the molecule is COc1ccsc1C(N)c1ccc(C)cc1. The number of hydrogen-bond acceptors (Lipinski definition) is 3. The zero-order chi connectivity index (χ0) is 11.5. The predicted octanol–water partition coefficient (Wildman–Crippen LogP) is 3.11. The fourth-order valence-corrected chi connectivity index (χ4v) is 2.52. The second-order valence-corrected chi connectivity index (χ2v) is 4.69. The molecule has 2 rings (SSSR count). The van der Waals surface area contributed by atoms with Gasteiger partial charge in [-0.3, -0.25) is 0 Å². The van der Waals surface area contributed by atoms with Crippen LogP contribution in [0.1, 0.15) is 22.0 Å². The average Bonchev–Trinajstić information content (AvgIpc) is 2.77. The molecule has 3 heteroatoms. The molecule has 0 bridgehead atoms. The van der Waals surface area contributed by atoms with Gasteiger partial charge < -0.3 is 10.5 Å². The van der Waals surface area contributed by atoms with Gasteiger partial charge in [0.2, 0.25) is 0 Å². The van der Waals surface area contributed by atoms with Crippen molar-refractivity contribution in [3.8, 4) is 5.75 Å². The van der Waals surface area contributed by atoms with Crippen molar-refractivity contribution in [2.45, 2.75) is 13.0 Å². The molecule has 16 heavy (non-hydrogen) atoms. The van der Waals surface area contributed by atoms with Crippen molar-refractivity contribution in [2.24, 2.45) is 5.73 Å². The van der Waals surface area contributed by atoms with E-state index in [2.05, 4.69) is 31.2 Å². The second kappa shape index (κ2) is 4.68. The number of thiophene rings is 1. The maximum Gasteiger partial charge on any atom is 0.134 e. The molecule has 0 saturated carbocycles. The van der Waals surface area contributed by atoms with Crippen LogP contribution < -0.4 is 10.5 Å². The number of methoxy groups -OCH3 is 1. The molecule has 2 nitrogen and oxygen atoms in total. The number of aryl methyl sites for hydroxylation is 1. The van der Waals surface area contributed by atoms with Crippen molar-refractivity contribution in [1.29, 1.82) is 0 Å². The lowest BCUT2D eigenvalue weighted by Gasteiger charge is -2.12. The zero-order valence-electron chi connectivity index (χ0n) is 9.44.